The monoisotopic (exact) mass is 393 g/mol. The molecular formula is C16H9Cl2N3O5. The van der Waals surface area contributed by atoms with Crippen LogP contribution in [0.4, 0.5) is 5.69 Å². The van der Waals surface area contributed by atoms with Crippen molar-refractivity contribution in [2.45, 2.75) is 6.10 Å². The number of nitrogens with zero attached hydrogens (tertiary/aromatic N) is 2. The second-order valence-electron chi connectivity index (χ2n) is 5.31. The predicted octanol–water partition coefficient (Wildman–Crippen LogP) is 3.05. The Morgan fingerprint density at radius 1 is 1.19 bits per heavy atom. The summed E-state index contributed by atoms with van der Waals surface area (Å²) < 4.78 is 0. The highest BCUT2D eigenvalue weighted by atomic mass is 35.5. The van der Waals surface area contributed by atoms with Crippen LogP contribution in [0.5, 0.6) is 0 Å². The molecule has 3 aromatic rings. The van der Waals surface area contributed by atoms with E-state index in [4.69, 9.17) is 23.2 Å². The topological polar surface area (TPSA) is 126 Å². The third kappa shape index (κ3) is 3.30. The number of rotatable bonds is 4. The first-order chi connectivity index (χ1) is 12.3. The zero-order chi connectivity index (χ0) is 19.0. The fourth-order valence-corrected chi connectivity index (χ4v) is 2.62. The number of H-pyrrole nitrogens is 1. The number of hydrogen-bond donors (Lipinski definition) is 2. The Bertz CT molecular complexity index is 1110. The van der Waals surface area contributed by atoms with Crippen molar-refractivity contribution < 1.29 is 14.8 Å². The van der Waals surface area contributed by atoms with Crippen LogP contribution in [-0.2, 0) is 0 Å². The molecule has 10 heteroatoms. The van der Waals surface area contributed by atoms with Gasteiger partial charge in [0.25, 0.3) is 11.2 Å². The molecule has 3 rings (SSSR count). The number of halogens is 2. The zero-order valence-electron chi connectivity index (χ0n) is 12.8. The average molecular weight is 394 g/mol. The van der Waals surface area contributed by atoms with Crippen LogP contribution in [0.3, 0.4) is 0 Å². The fraction of sp³-hybridized carbons (Fsp3) is 0.0625. The lowest BCUT2D eigenvalue weighted by atomic mass is 10.0. The first-order valence-electron chi connectivity index (χ1n) is 7.13. The van der Waals surface area contributed by atoms with Gasteiger partial charge in [-0.25, -0.2) is 4.98 Å². The lowest BCUT2D eigenvalue weighted by Crippen LogP contribution is -2.24. The number of carbonyl (C=O) groups is 1. The number of Topliss-reactive ketones (excluding diaryl/α,β-unsaturated/α-hetero) is 1. The molecule has 1 aromatic heterocycles. The predicted molar refractivity (Wildman–Crippen MR) is 94.8 cm³/mol. The summed E-state index contributed by atoms with van der Waals surface area (Å²) in [5.74, 6) is -0.940. The number of nitro groups is 1. The van der Waals surface area contributed by atoms with E-state index in [0.29, 0.717) is 0 Å². The number of hydrogen-bond acceptors (Lipinski definition) is 6. The van der Waals surface area contributed by atoms with Crippen LogP contribution in [0.15, 0.2) is 41.2 Å². The Hall–Kier alpha value is -2.81. The van der Waals surface area contributed by atoms with Gasteiger partial charge in [0.05, 0.1) is 26.0 Å². The normalized spacial score (nSPS) is 12.1. The largest absolute Gasteiger partial charge is 0.380 e. The first-order valence-corrected chi connectivity index (χ1v) is 7.89. The van der Waals surface area contributed by atoms with Crippen molar-refractivity contribution in [3.63, 3.8) is 0 Å². The third-order valence-corrected chi connectivity index (χ3v) is 4.37. The molecular weight excluding hydrogens is 385 g/mol. The number of aliphatic hydroxyl groups excluding tert-OH is 1. The smallest absolute Gasteiger partial charge is 0.278 e. The molecule has 0 saturated carbocycles. The van der Waals surface area contributed by atoms with Crippen molar-refractivity contribution in [2.24, 2.45) is 0 Å². The number of aromatic amines is 1. The van der Waals surface area contributed by atoms with Gasteiger partial charge in [-0.3, -0.25) is 19.7 Å². The molecule has 0 aliphatic carbocycles. The van der Waals surface area contributed by atoms with Gasteiger partial charge in [-0.15, -0.1) is 0 Å². The van der Waals surface area contributed by atoms with Crippen LogP contribution in [0, 0.1) is 10.1 Å². The van der Waals surface area contributed by atoms with Crippen molar-refractivity contribution in [1.82, 2.24) is 9.97 Å². The maximum absolute atomic E-state index is 12.5. The molecule has 0 amide bonds. The van der Waals surface area contributed by atoms with Crippen molar-refractivity contribution in [2.75, 3.05) is 0 Å². The Balaban J connectivity index is 2.03. The second kappa shape index (κ2) is 6.83. The van der Waals surface area contributed by atoms with E-state index in [2.05, 4.69) is 9.97 Å². The number of benzene rings is 2. The Morgan fingerprint density at radius 2 is 1.92 bits per heavy atom. The van der Waals surface area contributed by atoms with Gasteiger partial charge < -0.3 is 10.1 Å². The highest BCUT2D eigenvalue weighted by Gasteiger charge is 2.24. The Kier molecular flexibility index (Phi) is 4.73. The third-order valence-electron chi connectivity index (χ3n) is 3.63. The standard InChI is InChI=1S/C16H9Cl2N3O5/c17-9-3-1-7(5-10(9)18)14(22)15(23)13-16(24)20-12-6-8(21(25)26)2-4-11(12)19-13/h1-6,14,22H,(H,20,24)/t14-/m0/s1. The highest BCUT2D eigenvalue weighted by molar-refractivity contribution is 6.42. The molecule has 0 radical (unpaired) electrons. The van der Waals surface area contributed by atoms with E-state index >= 15 is 0 Å². The van der Waals surface area contributed by atoms with Crippen molar-refractivity contribution in [1.29, 1.82) is 0 Å². The number of fused-ring (bicyclic) bond motifs is 1. The quantitative estimate of drug-likeness (QED) is 0.398. The summed E-state index contributed by atoms with van der Waals surface area (Å²) in [6, 6.07) is 7.74. The van der Waals surface area contributed by atoms with Gasteiger partial charge in [-0.2, -0.15) is 0 Å². The molecule has 2 aromatic carbocycles. The van der Waals surface area contributed by atoms with Crippen LogP contribution in [0.25, 0.3) is 11.0 Å². The van der Waals surface area contributed by atoms with Gasteiger partial charge in [0.15, 0.2) is 5.69 Å². The summed E-state index contributed by atoms with van der Waals surface area (Å²) in [4.78, 5) is 41.1. The minimum absolute atomic E-state index is 0.102. The molecule has 1 heterocycles. The highest BCUT2D eigenvalue weighted by Crippen LogP contribution is 2.27. The van der Waals surface area contributed by atoms with Crippen molar-refractivity contribution in [3.8, 4) is 0 Å². The lowest BCUT2D eigenvalue weighted by molar-refractivity contribution is -0.384. The van der Waals surface area contributed by atoms with Gasteiger partial charge in [0.1, 0.15) is 6.10 Å². The van der Waals surface area contributed by atoms with Gasteiger partial charge in [0, 0.05) is 12.1 Å². The van der Waals surface area contributed by atoms with Crippen LogP contribution < -0.4 is 5.56 Å². The molecule has 0 unspecified atom stereocenters. The molecule has 132 valence electrons. The van der Waals surface area contributed by atoms with Gasteiger partial charge in [-0.1, -0.05) is 29.3 Å². The summed E-state index contributed by atoms with van der Waals surface area (Å²) in [7, 11) is 0. The minimum atomic E-state index is -1.67. The number of nitrogens with one attached hydrogen (secondary N) is 1. The maximum Gasteiger partial charge on any atom is 0.278 e. The molecule has 0 saturated heterocycles. The SMILES string of the molecule is O=C(c1nc2ccc([N+](=O)[O-])cc2[nH]c1=O)[C@@H](O)c1ccc(Cl)c(Cl)c1. The summed E-state index contributed by atoms with van der Waals surface area (Å²) >= 11 is 11.7. The molecule has 1 atom stereocenters. The molecule has 8 nitrogen and oxygen atoms in total. The van der Waals surface area contributed by atoms with E-state index in [9.17, 15) is 24.8 Å². The maximum atomic E-state index is 12.5. The minimum Gasteiger partial charge on any atom is -0.380 e. The summed E-state index contributed by atoms with van der Waals surface area (Å²) in [5, 5.41) is 21.4. The lowest BCUT2D eigenvalue weighted by Gasteiger charge is -2.10. The van der Waals surface area contributed by atoms with E-state index in [1.807, 2.05) is 0 Å². The molecule has 0 spiro atoms. The Morgan fingerprint density at radius 3 is 2.58 bits per heavy atom. The molecule has 26 heavy (non-hydrogen) atoms. The van der Waals surface area contributed by atoms with E-state index in [0.717, 1.165) is 6.07 Å². The van der Waals surface area contributed by atoms with E-state index in [-0.39, 0.29) is 32.3 Å². The van der Waals surface area contributed by atoms with Crippen LogP contribution in [0.2, 0.25) is 10.0 Å². The number of ketones is 1. The second-order valence-corrected chi connectivity index (χ2v) is 6.13. The van der Waals surface area contributed by atoms with E-state index < -0.39 is 28.1 Å². The number of aromatic nitrogens is 2. The van der Waals surface area contributed by atoms with Crippen LogP contribution in [-0.4, -0.2) is 25.8 Å². The molecule has 0 bridgehead atoms. The molecule has 0 aliphatic heterocycles. The van der Waals surface area contributed by atoms with Gasteiger partial charge >= 0.3 is 0 Å². The van der Waals surface area contributed by atoms with Crippen molar-refractivity contribution in [3.05, 3.63) is 78.2 Å². The number of non-ortho nitro benzene ring substituents is 1. The Labute approximate surface area is 155 Å². The zero-order valence-corrected chi connectivity index (χ0v) is 14.3. The summed E-state index contributed by atoms with van der Waals surface area (Å²) in [6.45, 7) is 0. The number of aliphatic hydroxyl groups is 1. The van der Waals surface area contributed by atoms with Crippen LogP contribution in [0.1, 0.15) is 22.2 Å². The van der Waals surface area contributed by atoms with Gasteiger partial charge in [-0.05, 0) is 23.8 Å². The van der Waals surface area contributed by atoms with Crippen LogP contribution >= 0.6 is 23.2 Å². The average Bonchev–Trinajstić information content (AvgIpc) is 2.61. The van der Waals surface area contributed by atoms with Crippen molar-refractivity contribution >= 4 is 45.7 Å². The first kappa shape index (κ1) is 18.0. The van der Waals surface area contributed by atoms with E-state index in [1.165, 1.54) is 30.3 Å². The molecule has 0 aliphatic rings. The van der Waals surface area contributed by atoms with Gasteiger partial charge in [0.2, 0.25) is 5.78 Å². The molecule has 2 N–H and O–H groups in total. The summed E-state index contributed by atoms with van der Waals surface area (Å²) in [6.07, 6.45) is -1.67. The molecule has 0 fully saturated rings. The summed E-state index contributed by atoms with van der Waals surface area (Å²) in [5.41, 5.74) is -1.21. The number of nitro benzene ring substituents is 1. The van der Waals surface area contributed by atoms with E-state index in [1.54, 1.807) is 0 Å². The number of carbonyl (C=O) groups excluding carboxylic acids is 1. The fourth-order valence-electron chi connectivity index (χ4n) is 2.32.